The topological polar surface area (TPSA) is 138 Å². The third kappa shape index (κ3) is 14.5. The molecule has 0 radical (unpaired) electrons. The van der Waals surface area contributed by atoms with Crippen molar-refractivity contribution in [3.05, 3.63) is 0 Å². The summed E-state index contributed by atoms with van der Waals surface area (Å²) < 4.78 is 5.00. The minimum Gasteiger partial charge on any atom is -0.481 e. The number of aliphatic carboxylic acids is 3. The summed E-state index contributed by atoms with van der Waals surface area (Å²) in [4.78, 5) is 45.0. The third-order valence-electron chi connectivity index (χ3n) is 4.91. The third-order valence-corrected chi connectivity index (χ3v) is 4.91. The van der Waals surface area contributed by atoms with Gasteiger partial charge in [0.1, 0.15) is 0 Å². The zero-order valence-electron chi connectivity index (χ0n) is 17.4. The van der Waals surface area contributed by atoms with Crippen molar-refractivity contribution in [1.29, 1.82) is 0 Å². The Balaban J connectivity index is 3.96. The molecule has 0 bridgehead atoms. The fourth-order valence-electron chi connectivity index (χ4n) is 3.18. The smallest absolute Gasteiger partial charge is 0.307 e. The van der Waals surface area contributed by atoms with Crippen LogP contribution >= 0.6 is 0 Å². The SMILES string of the molecule is CCCCCCCCCCCCCOC(=O)CC(C(=O)O)C(CC(=O)O)C(=O)O. The highest BCUT2D eigenvalue weighted by molar-refractivity contribution is 5.86. The number of carbonyl (C=O) groups excluding carboxylic acids is 1. The number of unbranched alkanes of at least 4 members (excludes halogenated alkanes) is 10. The number of hydrogen-bond acceptors (Lipinski definition) is 5. The van der Waals surface area contributed by atoms with Gasteiger partial charge in [-0.3, -0.25) is 19.2 Å². The van der Waals surface area contributed by atoms with Crippen molar-refractivity contribution in [2.24, 2.45) is 11.8 Å². The first-order valence-corrected chi connectivity index (χ1v) is 10.6. The van der Waals surface area contributed by atoms with Gasteiger partial charge >= 0.3 is 23.9 Å². The van der Waals surface area contributed by atoms with Crippen LogP contribution in [-0.4, -0.2) is 45.8 Å². The van der Waals surface area contributed by atoms with Gasteiger partial charge in [0, 0.05) is 0 Å². The normalized spacial score (nSPS) is 12.9. The maximum atomic E-state index is 11.8. The van der Waals surface area contributed by atoms with Crippen molar-refractivity contribution in [3.63, 3.8) is 0 Å². The molecule has 2 unspecified atom stereocenters. The molecule has 0 spiro atoms. The van der Waals surface area contributed by atoms with Gasteiger partial charge in [0.05, 0.1) is 31.3 Å². The van der Waals surface area contributed by atoms with E-state index in [0.29, 0.717) is 6.42 Å². The molecule has 0 aliphatic rings. The van der Waals surface area contributed by atoms with E-state index in [1.165, 1.54) is 44.9 Å². The summed E-state index contributed by atoms with van der Waals surface area (Å²) in [5.74, 6) is -8.64. The summed E-state index contributed by atoms with van der Waals surface area (Å²) in [6.45, 7) is 2.35. The van der Waals surface area contributed by atoms with E-state index >= 15 is 0 Å². The van der Waals surface area contributed by atoms with Crippen molar-refractivity contribution in [3.8, 4) is 0 Å². The maximum absolute atomic E-state index is 11.8. The maximum Gasteiger partial charge on any atom is 0.307 e. The Morgan fingerprint density at radius 2 is 1.07 bits per heavy atom. The lowest BCUT2D eigenvalue weighted by molar-refractivity contribution is -0.161. The molecule has 3 N–H and O–H groups in total. The van der Waals surface area contributed by atoms with Crippen LogP contribution in [0, 0.1) is 11.8 Å². The molecule has 0 aliphatic heterocycles. The zero-order chi connectivity index (χ0) is 22.1. The number of carboxylic acids is 3. The Labute approximate surface area is 172 Å². The predicted octanol–water partition coefficient (Wildman–Crippen LogP) is 4.11. The van der Waals surface area contributed by atoms with Gasteiger partial charge in [-0.25, -0.2) is 0 Å². The van der Waals surface area contributed by atoms with E-state index in [1.54, 1.807) is 0 Å². The molecular weight excluding hydrogens is 380 g/mol. The lowest BCUT2D eigenvalue weighted by Gasteiger charge is -2.18. The van der Waals surface area contributed by atoms with E-state index in [2.05, 4.69) is 6.92 Å². The van der Waals surface area contributed by atoms with Gasteiger partial charge in [-0.05, 0) is 6.42 Å². The molecule has 8 heteroatoms. The monoisotopic (exact) mass is 416 g/mol. The molecule has 0 aromatic rings. The van der Waals surface area contributed by atoms with Crippen LogP contribution in [0.25, 0.3) is 0 Å². The Hall–Kier alpha value is -2.12. The van der Waals surface area contributed by atoms with Crippen LogP contribution in [0.3, 0.4) is 0 Å². The number of esters is 1. The minimum absolute atomic E-state index is 0.152. The molecule has 0 saturated carbocycles. The highest BCUT2D eigenvalue weighted by Gasteiger charge is 2.37. The van der Waals surface area contributed by atoms with Crippen LogP contribution in [0.1, 0.15) is 90.4 Å². The number of hydrogen-bond donors (Lipinski definition) is 3. The molecule has 0 aromatic carbocycles. The lowest BCUT2D eigenvalue weighted by atomic mass is 9.87. The van der Waals surface area contributed by atoms with E-state index in [0.717, 1.165) is 19.3 Å². The fourth-order valence-corrected chi connectivity index (χ4v) is 3.18. The van der Waals surface area contributed by atoms with E-state index in [-0.39, 0.29) is 6.61 Å². The molecule has 0 heterocycles. The summed E-state index contributed by atoms with van der Waals surface area (Å²) in [6.07, 6.45) is 11.1. The molecule has 0 rings (SSSR count). The van der Waals surface area contributed by atoms with Crippen LogP contribution < -0.4 is 0 Å². The number of ether oxygens (including phenoxy) is 1. The Morgan fingerprint density at radius 1 is 0.655 bits per heavy atom. The molecule has 8 nitrogen and oxygen atoms in total. The average molecular weight is 417 g/mol. The second-order valence-corrected chi connectivity index (χ2v) is 7.45. The van der Waals surface area contributed by atoms with Crippen LogP contribution in [0.2, 0.25) is 0 Å². The molecule has 0 saturated heterocycles. The summed E-state index contributed by atoms with van der Waals surface area (Å²) in [7, 11) is 0. The zero-order valence-corrected chi connectivity index (χ0v) is 17.4. The number of carbonyl (C=O) groups is 4. The Bertz CT molecular complexity index is 503. The highest BCUT2D eigenvalue weighted by atomic mass is 16.5. The number of carboxylic acid groups (broad SMARTS) is 3. The van der Waals surface area contributed by atoms with Gasteiger partial charge < -0.3 is 20.1 Å². The van der Waals surface area contributed by atoms with Crippen LogP contribution in [0.5, 0.6) is 0 Å². The van der Waals surface area contributed by atoms with E-state index in [4.69, 9.17) is 20.1 Å². The quantitative estimate of drug-likeness (QED) is 0.211. The van der Waals surface area contributed by atoms with Crippen molar-refractivity contribution < 1.29 is 39.2 Å². The molecule has 0 aromatic heterocycles. The average Bonchev–Trinajstić information content (AvgIpc) is 2.64. The summed E-state index contributed by atoms with van der Waals surface area (Å²) in [5, 5.41) is 27.0. The second-order valence-electron chi connectivity index (χ2n) is 7.45. The van der Waals surface area contributed by atoms with E-state index in [9.17, 15) is 19.2 Å². The predicted molar refractivity (Wildman–Crippen MR) is 107 cm³/mol. The van der Waals surface area contributed by atoms with Crippen LogP contribution in [-0.2, 0) is 23.9 Å². The van der Waals surface area contributed by atoms with Gasteiger partial charge in [-0.2, -0.15) is 0 Å². The molecule has 168 valence electrons. The second kappa shape index (κ2) is 16.8. The van der Waals surface area contributed by atoms with Crippen LogP contribution in [0.15, 0.2) is 0 Å². The van der Waals surface area contributed by atoms with Gasteiger partial charge in [0.15, 0.2) is 0 Å². The summed E-state index contributed by atoms with van der Waals surface area (Å²) in [6, 6.07) is 0. The van der Waals surface area contributed by atoms with Crippen molar-refractivity contribution >= 4 is 23.9 Å². The lowest BCUT2D eigenvalue weighted by Crippen LogP contribution is -2.33. The van der Waals surface area contributed by atoms with Crippen molar-refractivity contribution in [2.45, 2.75) is 90.4 Å². The minimum atomic E-state index is -1.68. The first kappa shape index (κ1) is 26.9. The Morgan fingerprint density at radius 3 is 1.48 bits per heavy atom. The van der Waals surface area contributed by atoms with E-state index < -0.39 is 48.6 Å². The first-order valence-electron chi connectivity index (χ1n) is 10.6. The van der Waals surface area contributed by atoms with Gasteiger partial charge in [0.25, 0.3) is 0 Å². The van der Waals surface area contributed by atoms with Crippen molar-refractivity contribution in [2.75, 3.05) is 6.61 Å². The molecule has 0 amide bonds. The number of rotatable bonds is 19. The summed E-state index contributed by atoms with van der Waals surface area (Å²) >= 11 is 0. The van der Waals surface area contributed by atoms with Crippen LogP contribution in [0.4, 0.5) is 0 Å². The fraction of sp³-hybridized carbons (Fsp3) is 0.810. The van der Waals surface area contributed by atoms with Gasteiger partial charge in [0.2, 0.25) is 0 Å². The largest absolute Gasteiger partial charge is 0.481 e. The molecule has 0 aliphatic carbocycles. The molecule has 0 fully saturated rings. The molecular formula is C21H36O8. The van der Waals surface area contributed by atoms with E-state index in [1.807, 2.05) is 0 Å². The highest BCUT2D eigenvalue weighted by Crippen LogP contribution is 2.22. The van der Waals surface area contributed by atoms with Gasteiger partial charge in [-0.1, -0.05) is 71.1 Å². The molecule has 2 atom stereocenters. The van der Waals surface area contributed by atoms with Crippen molar-refractivity contribution in [1.82, 2.24) is 0 Å². The Kier molecular flexibility index (Phi) is 15.6. The standard InChI is InChI=1S/C21H36O8/c1-2-3-4-5-6-7-8-9-10-11-12-13-29-19(24)15-17(21(27)28)16(20(25)26)14-18(22)23/h16-17H,2-15H2,1H3,(H,22,23)(H,25,26)(H,27,28). The molecule has 29 heavy (non-hydrogen) atoms. The summed E-state index contributed by atoms with van der Waals surface area (Å²) in [5.41, 5.74) is 0. The van der Waals surface area contributed by atoms with Gasteiger partial charge in [-0.15, -0.1) is 0 Å². The first-order chi connectivity index (χ1) is 13.8.